The van der Waals surface area contributed by atoms with Gasteiger partial charge in [-0.2, -0.15) is 0 Å². The molecule has 1 amide bonds. The SMILES string of the molecule is CC/C=C\C/C=C\C/C=C\C/C=C\C/C=C\C/C=C\CCCCC(=O)NC(COP(=O)(O)OCC[N+](C)(C)C)C(O)C(O)CCC/C=C/CCCCCCCCC. The molecule has 0 rings (SSSR count). The number of amides is 1. The number of allylic oxidation sites excluding steroid dienone is 14. The Labute approximate surface area is 349 Å². The van der Waals surface area contributed by atoms with Crippen molar-refractivity contribution in [3.63, 3.8) is 0 Å². The van der Waals surface area contributed by atoms with Crippen LogP contribution < -0.4 is 5.32 Å². The number of likely N-dealkylation sites (N-methyl/N-ethyl adjacent to an activating group) is 1. The van der Waals surface area contributed by atoms with E-state index in [1.807, 2.05) is 21.1 Å². The number of hydrogen-bond donors (Lipinski definition) is 4. The number of nitrogens with zero attached hydrogens (tertiary/aromatic N) is 1. The maximum absolute atomic E-state index is 12.9. The molecule has 0 aromatic carbocycles. The first-order valence-corrected chi connectivity index (χ1v) is 23.5. The molecule has 0 heterocycles. The minimum Gasteiger partial charge on any atom is -0.390 e. The number of carbonyl (C=O) groups is 1. The Hall–Kier alpha value is -2.36. The monoisotopic (exact) mass is 820 g/mol. The molecule has 0 aliphatic rings. The minimum absolute atomic E-state index is 0.00270. The lowest BCUT2D eigenvalue weighted by Gasteiger charge is -2.28. The van der Waals surface area contributed by atoms with E-state index in [1.54, 1.807) is 0 Å². The molecule has 4 unspecified atom stereocenters. The van der Waals surface area contributed by atoms with Crippen molar-refractivity contribution in [1.82, 2.24) is 5.32 Å². The highest BCUT2D eigenvalue weighted by Crippen LogP contribution is 2.43. The lowest BCUT2D eigenvalue weighted by molar-refractivity contribution is -0.870. The van der Waals surface area contributed by atoms with Gasteiger partial charge in [0, 0.05) is 6.42 Å². The molecule has 0 radical (unpaired) electrons. The fourth-order valence-electron chi connectivity index (χ4n) is 5.67. The Balaban J connectivity index is 4.63. The van der Waals surface area contributed by atoms with Gasteiger partial charge in [-0.1, -0.05) is 137 Å². The summed E-state index contributed by atoms with van der Waals surface area (Å²) in [7, 11) is 1.37. The normalized spacial score (nSPS) is 15.7. The van der Waals surface area contributed by atoms with Gasteiger partial charge in [0.05, 0.1) is 39.9 Å². The van der Waals surface area contributed by atoms with Crippen LogP contribution in [0.25, 0.3) is 0 Å². The van der Waals surface area contributed by atoms with Gasteiger partial charge in [0.1, 0.15) is 19.3 Å². The molecule has 4 N–H and O–H groups in total. The predicted octanol–water partition coefficient (Wildman–Crippen LogP) is 11.2. The van der Waals surface area contributed by atoms with Gasteiger partial charge in [-0.15, -0.1) is 0 Å². The van der Waals surface area contributed by atoms with E-state index in [2.05, 4.69) is 104 Å². The Morgan fingerprint density at radius 1 is 0.632 bits per heavy atom. The largest absolute Gasteiger partial charge is 0.472 e. The molecule has 0 aliphatic carbocycles. The Kier molecular flexibility index (Phi) is 36.3. The third-order valence-corrected chi connectivity index (χ3v) is 10.2. The maximum atomic E-state index is 12.9. The summed E-state index contributed by atoms with van der Waals surface area (Å²) < 4.78 is 23.4. The molecular weight excluding hydrogens is 735 g/mol. The van der Waals surface area contributed by atoms with Crippen molar-refractivity contribution in [1.29, 1.82) is 0 Å². The van der Waals surface area contributed by atoms with Gasteiger partial charge in [0.15, 0.2) is 0 Å². The number of hydrogen-bond acceptors (Lipinski definition) is 6. The van der Waals surface area contributed by atoms with Crippen LogP contribution in [-0.4, -0.2) is 84.6 Å². The number of aliphatic hydroxyl groups is 2. The van der Waals surface area contributed by atoms with E-state index >= 15 is 0 Å². The second kappa shape index (κ2) is 37.9. The minimum atomic E-state index is -4.44. The third kappa shape index (κ3) is 38.9. The molecule has 0 bridgehead atoms. The summed E-state index contributed by atoms with van der Waals surface area (Å²) in [5.74, 6) is -0.315. The van der Waals surface area contributed by atoms with Crippen molar-refractivity contribution in [2.75, 3.05) is 40.9 Å². The van der Waals surface area contributed by atoms with E-state index in [9.17, 15) is 24.5 Å². The number of unbranched alkanes of at least 4 members (excludes halogenated alkanes) is 10. The van der Waals surface area contributed by atoms with Gasteiger partial charge in [-0.25, -0.2) is 4.57 Å². The molecule has 0 fully saturated rings. The highest BCUT2D eigenvalue weighted by atomic mass is 31.2. The first-order chi connectivity index (χ1) is 27.4. The Bertz CT molecular complexity index is 1220. The van der Waals surface area contributed by atoms with Crippen LogP contribution in [0.1, 0.15) is 149 Å². The van der Waals surface area contributed by atoms with Crippen LogP contribution in [0, 0.1) is 0 Å². The zero-order valence-electron chi connectivity index (χ0n) is 36.7. The van der Waals surface area contributed by atoms with E-state index in [4.69, 9.17) is 9.05 Å². The number of carbonyl (C=O) groups excluding carboxylic acids is 1. The van der Waals surface area contributed by atoms with Gasteiger partial charge >= 0.3 is 7.82 Å². The first kappa shape index (κ1) is 54.6. The smallest absolute Gasteiger partial charge is 0.390 e. The van der Waals surface area contributed by atoms with Gasteiger partial charge in [0.25, 0.3) is 0 Å². The molecule has 0 aromatic heterocycles. The summed E-state index contributed by atoms with van der Waals surface area (Å²) in [6.07, 6.45) is 47.9. The second-order valence-corrected chi connectivity index (χ2v) is 17.3. The van der Waals surface area contributed by atoms with Crippen LogP contribution in [-0.2, 0) is 18.4 Å². The quantitative estimate of drug-likeness (QED) is 0.0212. The van der Waals surface area contributed by atoms with Crippen LogP contribution >= 0.6 is 7.82 Å². The molecule has 0 spiro atoms. The zero-order valence-corrected chi connectivity index (χ0v) is 37.5. The molecule has 57 heavy (non-hydrogen) atoms. The molecule has 328 valence electrons. The maximum Gasteiger partial charge on any atom is 0.472 e. The summed E-state index contributed by atoms with van der Waals surface area (Å²) in [4.78, 5) is 23.1. The van der Waals surface area contributed by atoms with Crippen molar-refractivity contribution >= 4 is 13.7 Å². The standard InChI is InChI=1S/C47H83N2O7P/c1-6-8-10-12-14-16-18-20-21-22-23-24-25-26-27-28-30-32-34-36-38-40-46(51)48-44(43-56-57(53,54)55-42-41-49(3,4)5)47(52)45(50)39-37-35-33-31-29-19-17-15-13-11-9-7-2/h8,10,14,16,20-21,23-24,26-27,30-33,44-45,47,50,52H,6-7,9,11-13,15,17-19,22,25,28-29,34-43H2,1-5H3,(H-,48,51,53,54)/p+1/b10-8-,16-14-,21-20-,24-23-,27-26-,32-30-,33-31+. The molecule has 0 aliphatic heterocycles. The van der Waals surface area contributed by atoms with Gasteiger partial charge in [-0.05, 0) is 89.9 Å². The van der Waals surface area contributed by atoms with E-state index in [0.717, 1.165) is 64.2 Å². The van der Waals surface area contributed by atoms with Crippen molar-refractivity contribution in [3.05, 3.63) is 85.1 Å². The third-order valence-electron chi connectivity index (χ3n) is 9.22. The van der Waals surface area contributed by atoms with Gasteiger partial charge in [-0.3, -0.25) is 13.8 Å². The van der Waals surface area contributed by atoms with Crippen LogP contribution in [0.15, 0.2) is 85.1 Å². The molecule has 0 saturated carbocycles. The summed E-state index contributed by atoms with van der Waals surface area (Å²) in [5, 5.41) is 24.6. The lowest BCUT2D eigenvalue weighted by atomic mass is 10.0. The topological polar surface area (TPSA) is 125 Å². The fourth-order valence-corrected chi connectivity index (χ4v) is 6.41. The second-order valence-electron chi connectivity index (χ2n) is 15.8. The molecule has 0 saturated heterocycles. The van der Waals surface area contributed by atoms with Gasteiger partial charge < -0.3 is 24.9 Å². The van der Waals surface area contributed by atoms with Crippen molar-refractivity contribution in [2.24, 2.45) is 0 Å². The van der Waals surface area contributed by atoms with E-state index in [-0.39, 0.29) is 18.9 Å². The highest BCUT2D eigenvalue weighted by Gasteiger charge is 2.31. The molecule has 10 heteroatoms. The lowest BCUT2D eigenvalue weighted by Crippen LogP contribution is -2.51. The van der Waals surface area contributed by atoms with Crippen LogP contribution in [0.5, 0.6) is 0 Å². The van der Waals surface area contributed by atoms with Crippen molar-refractivity contribution in [3.8, 4) is 0 Å². The van der Waals surface area contributed by atoms with Gasteiger partial charge in [0.2, 0.25) is 5.91 Å². The van der Waals surface area contributed by atoms with Crippen LogP contribution in [0.3, 0.4) is 0 Å². The molecule has 4 atom stereocenters. The number of nitrogens with one attached hydrogen (secondary N) is 1. The van der Waals surface area contributed by atoms with Crippen molar-refractivity contribution in [2.45, 2.75) is 167 Å². The van der Waals surface area contributed by atoms with E-state index in [0.29, 0.717) is 30.3 Å². The Morgan fingerprint density at radius 2 is 1.09 bits per heavy atom. The zero-order chi connectivity index (χ0) is 42.3. The molecular formula is C47H84N2O7P+. The van der Waals surface area contributed by atoms with Crippen LogP contribution in [0.4, 0.5) is 0 Å². The van der Waals surface area contributed by atoms with E-state index < -0.39 is 32.7 Å². The van der Waals surface area contributed by atoms with E-state index in [1.165, 1.54) is 44.9 Å². The number of phosphoric ester groups is 1. The highest BCUT2D eigenvalue weighted by molar-refractivity contribution is 7.47. The summed E-state index contributed by atoms with van der Waals surface area (Å²) in [6.45, 7) is 4.39. The number of aliphatic hydroxyl groups excluding tert-OH is 2. The summed E-state index contributed by atoms with van der Waals surface area (Å²) in [5.41, 5.74) is 0. The molecule has 9 nitrogen and oxygen atoms in total. The average Bonchev–Trinajstić information content (AvgIpc) is 3.16. The summed E-state index contributed by atoms with van der Waals surface area (Å²) in [6, 6.07) is -1.08. The average molecular weight is 820 g/mol. The Morgan fingerprint density at radius 3 is 1.61 bits per heavy atom. The molecule has 0 aromatic rings. The first-order valence-electron chi connectivity index (χ1n) is 22.0. The summed E-state index contributed by atoms with van der Waals surface area (Å²) >= 11 is 0. The fraction of sp³-hybridized carbons (Fsp3) is 0.681. The number of phosphoric acid groups is 1. The number of rotatable bonds is 38. The van der Waals surface area contributed by atoms with Crippen molar-refractivity contribution < 1.29 is 38.0 Å². The number of quaternary nitrogens is 1. The van der Waals surface area contributed by atoms with Crippen LogP contribution in [0.2, 0.25) is 0 Å². The predicted molar refractivity (Wildman–Crippen MR) is 241 cm³/mol.